The minimum atomic E-state index is -0.419. The Morgan fingerprint density at radius 3 is 2.53 bits per heavy atom. The maximum Gasteiger partial charge on any atom is 0.260 e. The maximum atomic E-state index is 14.3. The van der Waals surface area contributed by atoms with Crippen molar-refractivity contribution in [2.24, 2.45) is 0 Å². The molecule has 2 aliphatic rings. The van der Waals surface area contributed by atoms with E-state index in [1.807, 2.05) is 0 Å². The van der Waals surface area contributed by atoms with Crippen molar-refractivity contribution in [2.45, 2.75) is 64.0 Å². The molecule has 1 amide bonds. The normalized spacial score (nSPS) is 18.5. The Balaban J connectivity index is 1.55. The maximum absolute atomic E-state index is 14.3. The van der Waals surface area contributed by atoms with Crippen LogP contribution in [-0.2, 0) is 0 Å². The van der Waals surface area contributed by atoms with E-state index < -0.39 is 11.7 Å². The van der Waals surface area contributed by atoms with Crippen molar-refractivity contribution >= 4 is 28.5 Å². The molecule has 0 bridgehead atoms. The van der Waals surface area contributed by atoms with Crippen LogP contribution in [-0.4, -0.2) is 41.9 Å². The number of nitrogens with one attached hydrogen (secondary N) is 3. The van der Waals surface area contributed by atoms with Gasteiger partial charge in [0.2, 0.25) is 0 Å². The van der Waals surface area contributed by atoms with Crippen molar-refractivity contribution in [1.82, 2.24) is 15.6 Å². The first-order valence-electron chi connectivity index (χ1n) is 11.0. The van der Waals surface area contributed by atoms with E-state index in [9.17, 15) is 9.18 Å². The summed E-state index contributed by atoms with van der Waals surface area (Å²) in [6.45, 7) is 3.10. The van der Waals surface area contributed by atoms with Gasteiger partial charge in [-0.2, -0.15) is 0 Å². The summed E-state index contributed by atoms with van der Waals surface area (Å²) >= 11 is 0. The number of anilines is 1. The third-order valence-corrected chi connectivity index (χ3v) is 6.20. The van der Waals surface area contributed by atoms with E-state index in [1.54, 1.807) is 18.2 Å². The van der Waals surface area contributed by atoms with Gasteiger partial charge in [0.1, 0.15) is 11.6 Å². The first-order valence-corrected chi connectivity index (χ1v) is 11.0. The van der Waals surface area contributed by atoms with Crippen molar-refractivity contribution in [1.29, 1.82) is 5.41 Å². The molecule has 2 heterocycles. The fraction of sp³-hybridized carbons (Fsp3) is 0.522. The predicted octanol–water partition coefficient (Wildman–Crippen LogP) is 3.99. The molecule has 6 nitrogen and oxygen atoms in total. The number of benzene rings is 1. The second-order valence-electron chi connectivity index (χ2n) is 8.51. The number of halogens is 1. The molecule has 4 rings (SSSR count). The van der Waals surface area contributed by atoms with Crippen LogP contribution in [0.15, 0.2) is 24.3 Å². The molecule has 3 N–H and O–H groups in total. The molecule has 2 fully saturated rings. The summed E-state index contributed by atoms with van der Waals surface area (Å²) in [7, 11) is 0. The molecule has 1 aromatic carbocycles. The molecule has 160 valence electrons. The number of carbonyl (C=O) groups excluding carboxylic acids is 1. The quantitative estimate of drug-likeness (QED) is 0.525. The number of amidine groups is 1. The monoisotopic (exact) mass is 411 g/mol. The molecule has 0 spiro atoms. The summed E-state index contributed by atoms with van der Waals surface area (Å²) < 4.78 is 14.3. The number of amides is 1. The zero-order valence-electron chi connectivity index (χ0n) is 17.5. The Bertz CT molecular complexity index is 933. The van der Waals surface area contributed by atoms with Gasteiger partial charge in [0.15, 0.2) is 0 Å². The zero-order chi connectivity index (χ0) is 21.1. The number of hydrogen-bond donors (Lipinski definition) is 3. The second kappa shape index (κ2) is 9.08. The van der Waals surface area contributed by atoms with Gasteiger partial charge in [-0.05, 0) is 50.8 Å². The van der Waals surface area contributed by atoms with E-state index in [1.165, 1.54) is 45.1 Å². The van der Waals surface area contributed by atoms with E-state index in [2.05, 4.69) is 20.5 Å². The Hall–Kier alpha value is -2.54. The lowest BCUT2D eigenvalue weighted by Crippen LogP contribution is -2.47. The van der Waals surface area contributed by atoms with Crippen LogP contribution < -0.4 is 15.5 Å². The van der Waals surface area contributed by atoms with Crippen LogP contribution in [0, 0.1) is 11.2 Å². The van der Waals surface area contributed by atoms with Crippen LogP contribution in [0.1, 0.15) is 62.2 Å². The number of nitrogens with zero attached hydrogens (tertiary/aromatic N) is 2. The smallest absolute Gasteiger partial charge is 0.260 e. The Morgan fingerprint density at radius 2 is 1.83 bits per heavy atom. The number of rotatable bonds is 4. The summed E-state index contributed by atoms with van der Waals surface area (Å²) in [4.78, 5) is 19.5. The molecule has 1 saturated heterocycles. The SMILES string of the molecule is CC(=N)NC(=O)c1cc2c(F)cccc2nc1N1CCC(NC2CCCCC2)CC1. The standard InChI is InChI=1S/C23H30FN5O/c1-15(25)26-23(30)19-14-18-20(24)8-5-9-21(18)28-22(19)29-12-10-17(11-13-29)27-16-6-3-2-4-7-16/h5,8-9,14,16-17,27H,2-4,6-7,10-13H2,1H3,(H2,25,26,30). The van der Waals surface area contributed by atoms with Crippen molar-refractivity contribution < 1.29 is 9.18 Å². The lowest BCUT2D eigenvalue weighted by molar-refractivity contribution is 0.0977. The number of hydrogen-bond acceptors (Lipinski definition) is 5. The van der Waals surface area contributed by atoms with Gasteiger partial charge >= 0.3 is 0 Å². The predicted molar refractivity (Wildman–Crippen MR) is 118 cm³/mol. The minimum absolute atomic E-state index is 0.0509. The van der Waals surface area contributed by atoms with Crippen molar-refractivity contribution in [2.75, 3.05) is 18.0 Å². The average molecular weight is 412 g/mol. The number of piperidine rings is 1. The molecule has 2 aromatic rings. The topological polar surface area (TPSA) is 81.1 Å². The number of carbonyl (C=O) groups is 1. The molecule has 0 unspecified atom stereocenters. The highest BCUT2D eigenvalue weighted by Gasteiger charge is 2.27. The van der Waals surface area contributed by atoms with Gasteiger partial charge in [0.05, 0.1) is 16.9 Å². The lowest BCUT2D eigenvalue weighted by atomic mass is 9.93. The molecular formula is C23H30FN5O. The Labute approximate surface area is 176 Å². The van der Waals surface area contributed by atoms with Gasteiger partial charge < -0.3 is 15.5 Å². The van der Waals surface area contributed by atoms with Crippen molar-refractivity contribution in [3.05, 3.63) is 35.6 Å². The molecule has 1 aliphatic carbocycles. The van der Waals surface area contributed by atoms with E-state index in [4.69, 9.17) is 5.41 Å². The molecule has 0 radical (unpaired) electrons. The first-order chi connectivity index (χ1) is 14.5. The molecule has 30 heavy (non-hydrogen) atoms. The fourth-order valence-electron chi connectivity index (χ4n) is 4.66. The third kappa shape index (κ3) is 4.61. The van der Waals surface area contributed by atoms with Gasteiger partial charge in [0, 0.05) is 30.6 Å². The van der Waals surface area contributed by atoms with Crippen LogP contribution in [0.5, 0.6) is 0 Å². The van der Waals surface area contributed by atoms with Crippen molar-refractivity contribution in [3.8, 4) is 0 Å². The summed E-state index contributed by atoms with van der Waals surface area (Å²) in [6.07, 6.45) is 8.51. The van der Waals surface area contributed by atoms with Crippen LogP contribution in [0.25, 0.3) is 10.9 Å². The van der Waals surface area contributed by atoms with Crippen LogP contribution in [0.2, 0.25) is 0 Å². The summed E-state index contributed by atoms with van der Waals surface area (Å²) in [5, 5.41) is 14.3. The average Bonchev–Trinajstić information content (AvgIpc) is 2.74. The lowest BCUT2D eigenvalue weighted by Gasteiger charge is -2.36. The fourth-order valence-corrected chi connectivity index (χ4v) is 4.66. The Kier molecular flexibility index (Phi) is 6.27. The summed E-state index contributed by atoms with van der Waals surface area (Å²) in [5.74, 6) is -0.196. The number of fused-ring (bicyclic) bond motifs is 1. The zero-order valence-corrected chi connectivity index (χ0v) is 17.5. The highest BCUT2D eigenvalue weighted by molar-refractivity contribution is 6.09. The highest BCUT2D eigenvalue weighted by Crippen LogP contribution is 2.28. The van der Waals surface area contributed by atoms with Crippen LogP contribution in [0.4, 0.5) is 10.2 Å². The van der Waals surface area contributed by atoms with Crippen molar-refractivity contribution in [3.63, 3.8) is 0 Å². The molecule has 1 saturated carbocycles. The molecule has 0 atom stereocenters. The molecule has 1 aromatic heterocycles. The molecule has 7 heteroatoms. The third-order valence-electron chi connectivity index (χ3n) is 6.20. The summed E-state index contributed by atoms with van der Waals surface area (Å²) in [6, 6.07) is 7.46. The number of pyridine rings is 1. The molecular weight excluding hydrogens is 381 g/mol. The van der Waals surface area contributed by atoms with E-state index in [0.717, 1.165) is 25.9 Å². The van der Waals surface area contributed by atoms with Gasteiger partial charge in [0.25, 0.3) is 5.91 Å². The van der Waals surface area contributed by atoms with Crippen LogP contribution in [0.3, 0.4) is 0 Å². The second-order valence-corrected chi connectivity index (χ2v) is 8.51. The Morgan fingerprint density at radius 1 is 1.13 bits per heavy atom. The largest absolute Gasteiger partial charge is 0.356 e. The van der Waals surface area contributed by atoms with Gasteiger partial charge in [-0.3, -0.25) is 10.2 Å². The van der Waals surface area contributed by atoms with E-state index in [-0.39, 0.29) is 5.84 Å². The first kappa shape index (κ1) is 20.7. The van der Waals surface area contributed by atoms with Gasteiger partial charge in [-0.25, -0.2) is 9.37 Å². The highest BCUT2D eigenvalue weighted by atomic mass is 19.1. The summed E-state index contributed by atoms with van der Waals surface area (Å²) in [5.41, 5.74) is 0.855. The minimum Gasteiger partial charge on any atom is -0.356 e. The van der Waals surface area contributed by atoms with Gasteiger partial charge in [-0.1, -0.05) is 25.3 Å². The van der Waals surface area contributed by atoms with E-state index >= 15 is 0 Å². The van der Waals surface area contributed by atoms with Crippen LogP contribution >= 0.6 is 0 Å². The number of aromatic nitrogens is 1. The van der Waals surface area contributed by atoms with Gasteiger partial charge in [-0.15, -0.1) is 0 Å². The van der Waals surface area contributed by atoms with E-state index in [0.29, 0.717) is 34.4 Å². The molecule has 1 aliphatic heterocycles.